The van der Waals surface area contributed by atoms with Crippen LogP contribution in [0.15, 0.2) is 18.2 Å². The molecule has 1 aliphatic carbocycles. The molecule has 188 valence electrons. The van der Waals surface area contributed by atoms with E-state index in [9.17, 15) is 9.90 Å². The maximum atomic E-state index is 11.9. The van der Waals surface area contributed by atoms with Crippen LogP contribution in [0.2, 0.25) is 0 Å². The lowest BCUT2D eigenvalue weighted by atomic mass is 9.66. The van der Waals surface area contributed by atoms with Crippen LogP contribution in [0.25, 0.3) is 0 Å². The third-order valence-electron chi connectivity index (χ3n) is 7.31. The number of anilines is 2. The van der Waals surface area contributed by atoms with E-state index in [1.165, 1.54) is 33.8 Å². The average molecular weight is 486 g/mol. The molecular formula is C29H43NO3S. The van der Waals surface area contributed by atoms with Crippen molar-refractivity contribution in [3.05, 3.63) is 39.8 Å². The first-order valence-corrected chi connectivity index (χ1v) is 13.5. The predicted octanol–water partition coefficient (Wildman–Crippen LogP) is 8.32. The van der Waals surface area contributed by atoms with Crippen LogP contribution in [0.5, 0.6) is 5.75 Å². The highest BCUT2D eigenvalue weighted by Crippen LogP contribution is 2.54. The fourth-order valence-corrected chi connectivity index (χ4v) is 6.56. The van der Waals surface area contributed by atoms with Crippen LogP contribution in [0.4, 0.5) is 10.7 Å². The molecule has 34 heavy (non-hydrogen) atoms. The van der Waals surface area contributed by atoms with Gasteiger partial charge >= 0.3 is 5.97 Å². The van der Waals surface area contributed by atoms with Gasteiger partial charge in [-0.1, -0.05) is 61.8 Å². The Morgan fingerprint density at radius 3 is 2.35 bits per heavy atom. The highest BCUT2D eigenvalue weighted by atomic mass is 32.1. The summed E-state index contributed by atoms with van der Waals surface area (Å²) in [5, 5.41) is 11.0. The maximum absolute atomic E-state index is 11.9. The van der Waals surface area contributed by atoms with Crippen LogP contribution in [0.1, 0.15) is 101 Å². The highest BCUT2D eigenvalue weighted by molar-refractivity contribution is 7.16. The first-order valence-electron chi connectivity index (χ1n) is 12.7. The van der Waals surface area contributed by atoms with Gasteiger partial charge < -0.3 is 14.7 Å². The molecule has 0 radical (unpaired) electrons. The van der Waals surface area contributed by atoms with Gasteiger partial charge in [0.15, 0.2) is 0 Å². The van der Waals surface area contributed by atoms with E-state index in [4.69, 9.17) is 4.74 Å². The number of hydrogen-bond donors (Lipinski definition) is 1. The van der Waals surface area contributed by atoms with Crippen molar-refractivity contribution in [3.8, 4) is 5.75 Å². The van der Waals surface area contributed by atoms with Crippen molar-refractivity contribution in [2.45, 2.75) is 92.4 Å². The molecule has 0 fully saturated rings. The van der Waals surface area contributed by atoms with Gasteiger partial charge in [0.05, 0.1) is 11.6 Å². The van der Waals surface area contributed by atoms with Crippen molar-refractivity contribution in [2.24, 2.45) is 11.8 Å². The van der Waals surface area contributed by atoms with Crippen LogP contribution < -0.4 is 9.64 Å². The van der Waals surface area contributed by atoms with E-state index in [-0.39, 0.29) is 16.4 Å². The smallest absolute Gasteiger partial charge is 0.339 e. The number of thiophene rings is 1. The molecule has 1 heterocycles. The number of hydrogen-bond acceptors (Lipinski definition) is 4. The summed E-state index contributed by atoms with van der Waals surface area (Å²) >= 11 is 1.92. The van der Waals surface area contributed by atoms with Crippen molar-refractivity contribution in [3.63, 3.8) is 0 Å². The Bertz CT molecular complexity index is 1030. The maximum Gasteiger partial charge on any atom is 0.339 e. The van der Waals surface area contributed by atoms with Crippen LogP contribution in [0.3, 0.4) is 0 Å². The number of carbonyl (C=O) groups is 1. The van der Waals surface area contributed by atoms with Gasteiger partial charge in [0.2, 0.25) is 0 Å². The molecule has 1 unspecified atom stereocenters. The van der Waals surface area contributed by atoms with Crippen LogP contribution in [-0.4, -0.2) is 24.2 Å². The number of carboxylic acid groups (broad SMARTS) is 1. The summed E-state index contributed by atoms with van der Waals surface area (Å²) in [4.78, 5) is 15.8. The molecule has 1 N–H and O–H groups in total. The normalized spacial score (nSPS) is 17.4. The molecule has 0 aliphatic heterocycles. The first-order chi connectivity index (χ1) is 15.8. The Balaban J connectivity index is 2.14. The Kier molecular flexibility index (Phi) is 7.76. The van der Waals surface area contributed by atoms with Gasteiger partial charge in [-0.3, -0.25) is 0 Å². The lowest BCUT2D eigenvalue weighted by Crippen LogP contribution is -2.32. The zero-order chi connectivity index (χ0) is 25.4. The van der Waals surface area contributed by atoms with E-state index in [2.05, 4.69) is 67.2 Å². The first kappa shape index (κ1) is 26.6. The van der Waals surface area contributed by atoms with Crippen molar-refractivity contribution in [1.29, 1.82) is 0 Å². The quantitative estimate of drug-likeness (QED) is 0.388. The lowest BCUT2D eigenvalue weighted by Gasteiger charge is -2.39. The number of fused-ring (bicyclic) bond motifs is 1. The van der Waals surface area contributed by atoms with E-state index in [0.29, 0.717) is 24.2 Å². The van der Waals surface area contributed by atoms with Crippen molar-refractivity contribution in [2.75, 3.05) is 18.1 Å². The predicted molar refractivity (Wildman–Crippen MR) is 145 cm³/mol. The Hall–Kier alpha value is -2.01. The van der Waals surface area contributed by atoms with E-state index < -0.39 is 5.97 Å². The number of rotatable bonds is 9. The third kappa shape index (κ3) is 5.30. The second-order valence-corrected chi connectivity index (χ2v) is 12.8. The number of carboxylic acids is 1. The monoisotopic (exact) mass is 485 g/mol. The fourth-order valence-electron chi connectivity index (χ4n) is 4.91. The zero-order valence-electron chi connectivity index (χ0n) is 22.5. The van der Waals surface area contributed by atoms with Crippen molar-refractivity contribution in [1.82, 2.24) is 0 Å². The average Bonchev–Trinajstić information content (AvgIpc) is 3.12. The lowest BCUT2D eigenvalue weighted by molar-refractivity contribution is 0.0691. The number of nitrogens with zero attached hydrogens (tertiary/aromatic N) is 1. The number of ether oxygens (including phenoxy) is 1. The van der Waals surface area contributed by atoms with E-state index in [1.807, 2.05) is 23.5 Å². The van der Waals surface area contributed by atoms with Gasteiger partial charge in [0.25, 0.3) is 0 Å². The molecule has 1 aromatic carbocycles. The summed E-state index contributed by atoms with van der Waals surface area (Å²) in [6.07, 6.45) is 3.37. The summed E-state index contributed by atoms with van der Waals surface area (Å²) in [5.41, 5.74) is 4.41. The molecule has 1 aromatic heterocycles. The van der Waals surface area contributed by atoms with Crippen LogP contribution >= 0.6 is 11.3 Å². The second kappa shape index (κ2) is 9.93. The molecule has 1 atom stereocenters. The SMILES string of the molecule is CCC(C)COc1cc(N(CC(C)C)c2sc3c(c2C)C(C)(C)CCC3(C)C)ccc1C(=O)O. The van der Waals surface area contributed by atoms with Crippen molar-refractivity contribution < 1.29 is 14.6 Å². The molecular weight excluding hydrogens is 442 g/mol. The standard InChI is InChI=1S/C29H43NO3S/c1-10-19(4)17-33-23-15-21(11-12-22(23)27(31)32)30(16-18(2)3)26-20(5)24-25(34-26)29(8,9)14-13-28(24,6)7/h11-12,15,18-19H,10,13-14,16-17H2,1-9H3,(H,31,32). The largest absolute Gasteiger partial charge is 0.492 e. The topological polar surface area (TPSA) is 49.8 Å². The molecule has 5 heteroatoms. The van der Waals surface area contributed by atoms with Gasteiger partial charge in [0.1, 0.15) is 11.3 Å². The summed E-state index contributed by atoms with van der Waals surface area (Å²) < 4.78 is 6.06. The molecule has 4 nitrogen and oxygen atoms in total. The fraction of sp³-hybridized carbons (Fsp3) is 0.621. The van der Waals surface area contributed by atoms with Crippen LogP contribution in [-0.2, 0) is 10.8 Å². The molecule has 2 aromatic rings. The minimum atomic E-state index is -0.952. The van der Waals surface area contributed by atoms with Gasteiger partial charge in [0, 0.05) is 23.2 Å². The van der Waals surface area contributed by atoms with Gasteiger partial charge in [-0.2, -0.15) is 0 Å². The number of aromatic carboxylic acids is 1. The number of benzene rings is 1. The van der Waals surface area contributed by atoms with E-state index in [0.717, 1.165) is 18.7 Å². The third-order valence-corrected chi connectivity index (χ3v) is 8.99. The summed E-state index contributed by atoms with van der Waals surface area (Å²) in [7, 11) is 0. The van der Waals surface area contributed by atoms with Gasteiger partial charge in [-0.25, -0.2) is 4.79 Å². The summed E-state index contributed by atoms with van der Waals surface area (Å²) in [6.45, 7) is 21.8. The van der Waals surface area contributed by atoms with Gasteiger partial charge in [-0.15, -0.1) is 11.3 Å². The zero-order valence-corrected chi connectivity index (χ0v) is 23.4. The minimum absolute atomic E-state index is 0.158. The second-order valence-electron chi connectivity index (χ2n) is 11.8. The van der Waals surface area contributed by atoms with Crippen LogP contribution in [0, 0.1) is 18.8 Å². The van der Waals surface area contributed by atoms with E-state index in [1.54, 1.807) is 6.07 Å². The summed E-state index contributed by atoms with van der Waals surface area (Å²) in [5.74, 6) is 0.321. The Labute approximate surface area is 210 Å². The Morgan fingerprint density at radius 1 is 1.15 bits per heavy atom. The molecule has 0 saturated heterocycles. The minimum Gasteiger partial charge on any atom is -0.492 e. The Morgan fingerprint density at radius 2 is 1.79 bits per heavy atom. The van der Waals surface area contributed by atoms with Crippen molar-refractivity contribution >= 4 is 28.0 Å². The molecule has 0 spiro atoms. The van der Waals surface area contributed by atoms with Gasteiger partial charge in [-0.05, 0) is 65.7 Å². The molecule has 0 amide bonds. The summed E-state index contributed by atoms with van der Waals surface area (Å²) in [6, 6.07) is 5.58. The van der Waals surface area contributed by atoms with E-state index >= 15 is 0 Å². The molecule has 0 bridgehead atoms. The molecule has 1 aliphatic rings. The molecule has 0 saturated carbocycles. The highest BCUT2D eigenvalue weighted by Gasteiger charge is 2.41. The molecule has 3 rings (SSSR count).